The molecule has 2 N–H and O–H groups in total. The Morgan fingerprint density at radius 2 is 1.35 bits per heavy atom. The zero-order chi connectivity index (χ0) is 14.6. The highest BCUT2D eigenvalue weighted by Gasteiger charge is 2.36. The van der Waals surface area contributed by atoms with E-state index in [1.165, 1.54) is 19.1 Å². The van der Waals surface area contributed by atoms with Crippen molar-refractivity contribution in [2.45, 2.75) is 6.92 Å². The summed E-state index contributed by atoms with van der Waals surface area (Å²) in [5.41, 5.74) is 0.152. The standard InChI is InChI=1S/C15H9ClO4/c1-6-11(16)15(20)10-9(12(6)17)13(18)7-4-2-3-5-8(7)14(10)19/h2-5,17,20H,1H3. The molecule has 20 heavy (non-hydrogen) atoms. The van der Waals surface area contributed by atoms with Gasteiger partial charge in [-0.15, -0.1) is 0 Å². The Kier molecular flexibility index (Phi) is 2.59. The molecular weight excluding hydrogens is 280 g/mol. The molecule has 100 valence electrons. The number of carbonyl (C=O) groups excluding carboxylic acids is 2. The average Bonchev–Trinajstić information content (AvgIpc) is 2.46. The van der Waals surface area contributed by atoms with Crippen LogP contribution in [0.25, 0.3) is 0 Å². The van der Waals surface area contributed by atoms with Gasteiger partial charge in [0, 0.05) is 16.7 Å². The highest BCUT2D eigenvalue weighted by molar-refractivity contribution is 6.37. The second-order valence-corrected chi connectivity index (χ2v) is 4.97. The Bertz CT molecular complexity index is 727. The van der Waals surface area contributed by atoms with Gasteiger partial charge in [-0.25, -0.2) is 0 Å². The quantitative estimate of drug-likeness (QED) is 0.624. The van der Waals surface area contributed by atoms with Gasteiger partial charge in [0.15, 0.2) is 11.6 Å². The third-order valence-corrected chi connectivity index (χ3v) is 3.95. The maximum Gasteiger partial charge on any atom is 0.198 e. The number of phenolic OH excluding ortho intramolecular Hbond substituents is 2. The Labute approximate surface area is 119 Å². The minimum absolute atomic E-state index is 0.123. The number of aromatic hydroxyl groups is 2. The average molecular weight is 289 g/mol. The van der Waals surface area contributed by atoms with Crippen LogP contribution >= 0.6 is 11.6 Å². The van der Waals surface area contributed by atoms with Gasteiger partial charge in [-0.05, 0) is 6.92 Å². The molecule has 2 aromatic rings. The van der Waals surface area contributed by atoms with E-state index in [4.69, 9.17) is 11.6 Å². The first-order chi connectivity index (χ1) is 9.45. The summed E-state index contributed by atoms with van der Waals surface area (Å²) in [7, 11) is 0. The van der Waals surface area contributed by atoms with Crippen molar-refractivity contribution in [3.63, 3.8) is 0 Å². The van der Waals surface area contributed by atoms with Crippen LogP contribution in [-0.4, -0.2) is 21.8 Å². The van der Waals surface area contributed by atoms with Gasteiger partial charge < -0.3 is 10.2 Å². The molecule has 0 aromatic heterocycles. The number of hydrogen-bond donors (Lipinski definition) is 2. The normalized spacial score (nSPS) is 13.1. The van der Waals surface area contributed by atoms with Crippen LogP contribution < -0.4 is 0 Å². The van der Waals surface area contributed by atoms with Gasteiger partial charge in [-0.2, -0.15) is 0 Å². The van der Waals surface area contributed by atoms with Gasteiger partial charge >= 0.3 is 0 Å². The molecule has 0 fully saturated rings. The summed E-state index contributed by atoms with van der Waals surface area (Å²) in [6, 6.07) is 6.28. The fourth-order valence-corrected chi connectivity index (χ4v) is 2.59. The molecule has 0 unspecified atom stereocenters. The molecular formula is C15H9ClO4. The molecule has 0 bridgehead atoms. The molecule has 2 aromatic carbocycles. The second kappa shape index (κ2) is 4.08. The minimum atomic E-state index is -0.523. The predicted octanol–water partition coefficient (Wildman–Crippen LogP) is 2.84. The van der Waals surface area contributed by atoms with Crippen molar-refractivity contribution in [1.29, 1.82) is 0 Å². The van der Waals surface area contributed by atoms with Crippen LogP contribution in [0.5, 0.6) is 11.5 Å². The monoisotopic (exact) mass is 288 g/mol. The van der Waals surface area contributed by atoms with Gasteiger partial charge in [0.25, 0.3) is 0 Å². The summed E-state index contributed by atoms with van der Waals surface area (Å²) in [5.74, 6) is -1.85. The van der Waals surface area contributed by atoms with Gasteiger partial charge in [-0.3, -0.25) is 9.59 Å². The van der Waals surface area contributed by atoms with E-state index < -0.39 is 17.3 Å². The lowest BCUT2D eigenvalue weighted by Crippen LogP contribution is -2.21. The van der Waals surface area contributed by atoms with Gasteiger partial charge in [0.2, 0.25) is 0 Å². The summed E-state index contributed by atoms with van der Waals surface area (Å²) in [6.45, 7) is 1.47. The highest BCUT2D eigenvalue weighted by Crippen LogP contribution is 2.44. The molecule has 0 atom stereocenters. The number of ketones is 2. The lowest BCUT2D eigenvalue weighted by Gasteiger charge is -2.21. The van der Waals surface area contributed by atoms with Crippen molar-refractivity contribution in [2.24, 2.45) is 0 Å². The molecule has 0 aliphatic heterocycles. The van der Waals surface area contributed by atoms with Crippen LogP contribution in [0.2, 0.25) is 5.02 Å². The van der Waals surface area contributed by atoms with Crippen LogP contribution in [0.1, 0.15) is 37.4 Å². The Morgan fingerprint density at radius 3 is 1.85 bits per heavy atom. The summed E-state index contributed by atoms with van der Waals surface area (Å²) < 4.78 is 0. The maximum atomic E-state index is 12.4. The van der Waals surface area contributed by atoms with E-state index in [1.807, 2.05) is 0 Å². The Morgan fingerprint density at radius 1 is 0.900 bits per heavy atom. The van der Waals surface area contributed by atoms with Crippen molar-refractivity contribution >= 4 is 23.2 Å². The summed E-state index contributed by atoms with van der Waals surface area (Å²) in [5, 5.41) is 20.0. The van der Waals surface area contributed by atoms with E-state index in [2.05, 4.69) is 0 Å². The molecule has 4 nitrogen and oxygen atoms in total. The first kappa shape index (κ1) is 12.7. The molecule has 1 aliphatic carbocycles. The first-order valence-electron chi connectivity index (χ1n) is 5.87. The van der Waals surface area contributed by atoms with E-state index in [0.29, 0.717) is 0 Å². The third kappa shape index (κ3) is 1.42. The number of fused-ring (bicyclic) bond motifs is 2. The van der Waals surface area contributed by atoms with Crippen LogP contribution in [0.4, 0.5) is 0 Å². The number of halogens is 1. The number of phenols is 2. The SMILES string of the molecule is Cc1c(O)c2c(c(O)c1Cl)C(=O)c1ccccc1C2=O. The minimum Gasteiger partial charge on any atom is -0.507 e. The van der Waals surface area contributed by atoms with Crippen molar-refractivity contribution in [2.75, 3.05) is 0 Å². The van der Waals surface area contributed by atoms with Gasteiger partial charge in [0.05, 0.1) is 16.1 Å². The summed E-state index contributed by atoms with van der Waals surface area (Å²) in [6.07, 6.45) is 0. The van der Waals surface area contributed by atoms with Crippen LogP contribution in [0, 0.1) is 6.92 Å². The Balaban J connectivity index is 2.46. The zero-order valence-corrected chi connectivity index (χ0v) is 11.2. The topological polar surface area (TPSA) is 74.6 Å². The van der Waals surface area contributed by atoms with Gasteiger partial charge in [0.1, 0.15) is 11.5 Å². The molecule has 3 rings (SSSR count). The molecule has 1 aliphatic rings. The zero-order valence-electron chi connectivity index (χ0n) is 10.4. The second-order valence-electron chi connectivity index (χ2n) is 4.59. The Hall–Kier alpha value is -2.33. The fourth-order valence-electron chi connectivity index (χ4n) is 2.41. The van der Waals surface area contributed by atoms with Crippen molar-refractivity contribution in [1.82, 2.24) is 0 Å². The first-order valence-corrected chi connectivity index (χ1v) is 6.25. The van der Waals surface area contributed by atoms with Crippen LogP contribution in [0.15, 0.2) is 24.3 Å². The molecule has 0 spiro atoms. The van der Waals surface area contributed by atoms with E-state index in [9.17, 15) is 19.8 Å². The summed E-state index contributed by atoms with van der Waals surface area (Å²) in [4.78, 5) is 24.8. The smallest absolute Gasteiger partial charge is 0.198 e. The molecule has 0 saturated carbocycles. The molecule has 5 heteroatoms. The number of hydrogen-bond acceptors (Lipinski definition) is 4. The molecule has 0 amide bonds. The van der Waals surface area contributed by atoms with E-state index >= 15 is 0 Å². The van der Waals surface area contributed by atoms with E-state index in [0.717, 1.165) is 0 Å². The predicted molar refractivity (Wildman–Crippen MR) is 72.8 cm³/mol. The van der Waals surface area contributed by atoms with Crippen molar-refractivity contribution < 1.29 is 19.8 Å². The van der Waals surface area contributed by atoms with E-state index in [1.54, 1.807) is 12.1 Å². The third-order valence-electron chi connectivity index (χ3n) is 3.49. The molecule has 0 radical (unpaired) electrons. The van der Waals surface area contributed by atoms with Crippen molar-refractivity contribution in [3.8, 4) is 11.5 Å². The largest absolute Gasteiger partial charge is 0.507 e. The lowest BCUT2D eigenvalue weighted by atomic mass is 9.82. The van der Waals surface area contributed by atoms with Gasteiger partial charge in [-0.1, -0.05) is 35.9 Å². The fraction of sp³-hybridized carbons (Fsp3) is 0.0667. The number of benzene rings is 2. The number of rotatable bonds is 0. The van der Waals surface area contributed by atoms with Crippen LogP contribution in [0.3, 0.4) is 0 Å². The lowest BCUT2D eigenvalue weighted by molar-refractivity contribution is 0.0974. The summed E-state index contributed by atoms with van der Waals surface area (Å²) >= 11 is 5.89. The van der Waals surface area contributed by atoms with Crippen LogP contribution in [-0.2, 0) is 0 Å². The number of carbonyl (C=O) groups is 2. The maximum absolute atomic E-state index is 12.4. The molecule has 0 heterocycles. The highest BCUT2D eigenvalue weighted by atomic mass is 35.5. The molecule has 0 saturated heterocycles. The van der Waals surface area contributed by atoms with E-state index in [-0.39, 0.29) is 38.6 Å². The van der Waals surface area contributed by atoms with Crippen molar-refractivity contribution in [3.05, 3.63) is 57.1 Å².